The summed E-state index contributed by atoms with van der Waals surface area (Å²) in [7, 11) is 0. The van der Waals surface area contributed by atoms with Crippen molar-refractivity contribution in [1.29, 1.82) is 0 Å². The molecule has 184 valence electrons. The molecule has 0 radical (unpaired) electrons. The summed E-state index contributed by atoms with van der Waals surface area (Å²) < 4.78 is 63.5. The number of amides is 1. The molecule has 1 amide bonds. The largest absolute Gasteiger partial charge is 0.490 e. The summed E-state index contributed by atoms with van der Waals surface area (Å²) in [6.07, 6.45) is -5.48. The summed E-state index contributed by atoms with van der Waals surface area (Å²) in [6.45, 7) is 6.06. The maximum atomic E-state index is 12.9. The van der Waals surface area contributed by atoms with Crippen LogP contribution in [-0.2, 0) is 20.9 Å². The van der Waals surface area contributed by atoms with Gasteiger partial charge in [0.25, 0.3) is 0 Å². The van der Waals surface area contributed by atoms with Crippen molar-refractivity contribution in [2.45, 2.75) is 44.5 Å². The van der Waals surface area contributed by atoms with Gasteiger partial charge in [-0.25, -0.2) is 13.6 Å². The molecule has 0 aromatic heterocycles. The zero-order chi connectivity index (χ0) is 24.4. The van der Waals surface area contributed by atoms with Crippen LogP contribution in [0.4, 0.5) is 22.0 Å². The monoisotopic (exact) mass is 478 g/mol. The predicted molar refractivity (Wildman–Crippen MR) is 108 cm³/mol. The number of carboxylic acids is 1. The Bertz CT molecular complexity index is 855. The number of rotatable bonds is 5. The van der Waals surface area contributed by atoms with Crippen molar-refractivity contribution >= 4 is 11.9 Å². The van der Waals surface area contributed by atoms with E-state index in [2.05, 4.69) is 41.4 Å². The van der Waals surface area contributed by atoms with Gasteiger partial charge in [-0.1, -0.05) is 29.8 Å². The number of carbonyl (C=O) groups is 2. The van der Waals surface area contributed by atoms with Crippen molar-refractivity contribution < 1.29 is 41.4 Å². The van der Waals surface area contributed by atoms with E-state index in [-0.39, 0.29) is 30.8 Å². The third-order valence-corrected chi connectivity index (χ3v) is 6.25. The minimum absolute atomic E-state index is 0.217. The first-order valence-electron chi connectivity index (χ1n) is 10.7. The first-order chi connectivity index (χ1) is 15.3. The minimum atomic E-state index is -5.08. The Morgan fingerprint density at radius 2 is 1.91 bits per heavy atom. The highest BCUT2D eigenvalue weighted by Gasteiger charge is 2.49. The lowest BCUT2D eigenvalue weighted by atomic mass is 9.80. The van der Waals surface area contributed by atoms with Crippen LogP contribution in [0.1, 0.15) is 24.0 Å². The molecule has 0 bridgehead atoms. The third-order valence-electron chi connectivity index (χ3n) is 6.25. The predicted octanol–water partition coefficient (Wildman–Crippen LogP) is 3.24. The highest BCUT2D eigenvalue weighted by atomic mass is 19.4. The van der Waals surface area contributed by atoms with Crippen LogP contribution in [0.15, 0.2) is 24.3 Å². The average molecular weight is 478 g/mol. The van der Waals surface area contributed by atoms with E-state index in [4.69, 9.17) is 14.6 Å². The Morgan fingerprint density at radius 1 is 1.24 bits per heavy atom. The summed E-state index contributed by atoms with van der Waals surface area (Å²) in [5.41, 5.74) is 2.57. The van der Waals surface area contributed by atoms with Crippen molar-refractivity contribution in [2.75, 3.05) is 26.2 Å². The molecule has 0 spiro atoms. The van der Waals surface area contributed by atoms with Gasteiger partial charge >= 0.3 is 12.1 Å². The molecule has 3 aliphatic rings. The number of hydrogen-bond acceptors (Lipinski definition) is 4. The van der Waals surface area contributed by atoms with Gasteiger partial charge in [0, 0.05) is 56.8 Å². The third kappa shape index (κ3) is 6.86. The normalized spacial score (nSPS) is 26.7. The topological polar surface area (TPSA) is 78.9 Å². The van der Waals surface area contributed by atoms with E-state index in [1.165, 1.54) is 11.1 Å². The van der Waals surface area contributed by atoms with Crippen LogP contribution < -0.4 is 5.32 Å². The van der Waals surface area contributed by atoms with Crippen LogP contribution in [0, 0.1) is 24.7 Å². The molecule has 1 aliphatic carbocycles. The maximum absolute atomic E-state index is 12.9. The minimum Gasteiger partial charge on any atom is -0.475 e. The van der Waals surface area contributed by atoms with Gasteiger partial charge in [-0.15, -0.1) is 0 Å². The number of nitrogens with zero attached hydrogens (tertiary/aromatic N) is 1. The second-order valence-corrected chi connectivity index (χ2v) is 8.99. The summed E-state index contributed by atoms with van der Waals surface area (Å²) in [4.78, 5) is 23.3. The van der Waals surface area contributed by atoms with Gasteiger partial charge in [-0.3, -0.25) is 9.69 Å². The van der Waals surface area contributed by atoms with E-state index in [0.29, 0.717) is 19.1 Å². The first kappa shape index (κ1) is 25.4. The fourth-order valence-corrected chi connectivity index (χ4v) is 4.51. The van der Waals surface area contributed by atoms with E-state index < -0.39 is 24.0 Å². The molecule has 3 fully saturated rings. The molecule has 4 rings (SSSR count). The van der Waals surface area contributed by atoms with E-state index >= 15 is 0 Å². The van der Waals surface area contributed by atoms with Crippen molar-refractivity contribution in [1.82, 2.24) is 10.2 Å². The number of halogens is 5. The molecule has 1 aromatic carbocycles. The molecule has 33 heavy (non-hydrogen) atoms. The van der Waals surface area contributed by atoms with Crippen LogP contribution in [0.3, 0.4) is 0 Å². The highest BCUT2D eigenvalue weighted by molar-refractivity contribution is 5.79. The average Bonchev–Trinajstić information content (AvgIpc) is 3.24. The molecule has 11 heteroatoms. The van der Waals surface area contributed by atoms with Gasteiger partial charge < -0.3 is 15.2 Å². The van der Waals surface area contributed by atoms with E-state index in [1.807, 2.05) is 0 Å². The molecular weight excluding hydrogens is 451 g/mol. The molecule has 2 aliphatic heterocycles. The summed E-state index contributed by atoms with van der Waals surface area (Å²) in [5.74, 6) is -5.48. The molecule has 6 nitrogen and oxygen atoms in total. The Kier molecular flexibility index (Phi) is 7.62. The Labute approximate surface area is 188 Å². The van der Waals surface area contributed by atoms with Gasteiger partial charge in [0.15, 0.2) is 0 Å². The zero-order valence-corrected chi connectivity index (χ0v) is 18.1. The molecule has 2 saturated heterocycles. The number of benzene rings is 1. The second-order valence-electron chi connectivity index (χ2n) is 8.99. The lowest BCUT2D eigenvalue weighted by molar-refractivity contribution is -0.192. The summed E-state index contributed by atoms with van der Waals surface area (Å²) in [5, 5.41) is 10.0. The zero-order valence-electron chi connectivity index (χ0n) is 18.1. The number of fused-ring (bicyclic) bond motifs is 1. The molecule has 1 saturated carbocycles. The fraction of sp³-hybridized carbons (Fsp3) is 0.636. The number of carbonyl (C=O) groups excluding carboxylic acids is 1. The molecule has 0 unspecified atom stereocenters. The molecule has 2 N–H and O–H groups in total. The van der Waals surface area contributed by atoms with Crippen LogP contribution >= 0.6 is 0 Å². The van der Waals surface area contributed by atoms with Crippen LogP contribution in [0.25, 0.3) is 0 Å². The number of aryl methyl sites for hydroxylation is 1. The SMILES string of the molecule is Cc1cccc(CN2C[C@@H]3[C@@H](CNC(=O)C4CC(F)(F)C4)CO[C@@H]3C2)c1.O=C(O)C(F)(F)F. The number of aliphatic carboxylic acids is 1. The number of carboxylic acid groups (broad SMARTS) is 1. The Hall–Kier alpha value is -2.27. The fourth-order valence-electron chi connectivity index (χ4n) is 4.51. The standard InChI is InChI=1S/C20H26F2N2O2.C2HF3O2/c1-13-3-2-4-14(5-13)9-24-10-17-16(12-26-18(17)11-24)8-23-19(25)15-6-20(21,22)7-15;3-2(4,5)1(6)7/h2-5,15-18H,6-12H2,1H3,(H,23,25);(H,6,7)/t16-,17+,18+;/m0./s1. The van der Waals surface area contributed by atoms with Gasteiger partial charge in [0.05, 0.1) is 12.7 Å². The van der Waals surface area contributed by atoms with Gasteiger partial charge in [-0.2, -0.15) is 13.2 Å². The van der Waals surface area contributed by atoms with Gasteiger partial charge in [0.2, 0.25) is 11.8 Å². The van der Waals surface area contributed by atoms with Gasteiger partial charge in [0.1, 0.15) is 0 Å². The van der Waals surface area contributed by atoms with Crippen molar-refractivity contribution in [3.05, 3.63) is 35.4 Å². The van der Waals surface area contributed by atoms with Crippen LogP contribution in [-0.4, -0.2) is 66.3 Å². The number of ether oxygens (including phenoxy) is 1. The first-order valence-corrected chi connectivity index (χ1v) is 10.7. The van der Waals surface area contributed by atoms with Gasteiger partial charge in [-0.05, 0) is 12.5 Å². The molecule has 3 atom stereocenters. The maximum Gasteiger partial charge on any atom is 0.490 e. The van der Waals surface area contributed by atoms with Crippen LogP contribution in [0.5, 0.6) is 0 Å². The lowest BCUT2D eigenvalue weighted by Crippen LogP contribution is -2.46. The van der Waals surface area contributed by atoms with E-state index in [1.54, 1.807) is 0 Å². The molecular formula is C22H27F5N2O4. The molecule has 2 heterocycles. The molecule has 1 aromatic rings. The van der Waals surface area contributed by atoms with E-state index in [9.17, 15) is 26.7 Å². The van der Waals surface area contributed by atoms with Crippen LogP contribution in [0.2, 0.25) is 0 Å². The number of hydrogen-bond donors (Lipinski definition) is 2. The van der Waals surface area contributed by atoms with E-state index in [0.717, 1.165) is 19.6 Å². The van der Waals surface area contributed by atoms with Crippen molar-refractivity contribution in [3.8, 4) is 0 Å². The van der Waals surface area contributed by atoms with Crippen molar-refractivity contribution in [2.24, 2.45) is 17.8 Å². The Balaban J connectivity index is 0.000000383. The van der Waals surface area contributed by atoms with Crippen molar-refractivity contribution in [3.63, 3.8) is 0 Å². The number of alkyl halides is 5. The smallest absolute Gasteiger partial charge is 0.475 e. The summed E-state index contributed by atoms with van der Waals surface area (Å²) >= 11 is 0. The highest BCUT2D eigenvalue weighted by Crippen LogP contribution is 2.42. The summed E-state index contributed by atoms with van der Waals surface area (Å²) in [6, 6.07) is 8.54. The quantitative estimate of drug-likeness (QED) is 0.636. The number of likely N-dealkylation sites (tertiary alicyclic amines) is 1. The lowest BCUT2D eigenvalue weighted by Gasteiger charge is -2.34. The second kappa shape index (κ2) is 9.92. The Morgan fingerprint density at radius 3 is 2.48 bits per heavy atom. The number of nitrogens with one attached hydrogen (secondary N) is 1.